The van der Waals surface area contributed by atoms with Crippen LogP contribution in [0.1, 0.15) is 28.4 Å². The van der Waals surface area contributed by atoms with Crippen molar-refractivity contribution in [3.05, 3.63) is 114 Å². The number of rotatable bonds is 11. The van der Waals surface area contributed by atoms with Gasteiger partial charge in [-0.25, -0.2) is 4.98 Å². The Morgan fingerprint density at radius 1 is 0.923 bits per heavy atom. The first kappa shape index (κ1) is 25.5. The van der Waals surface area contributed by atoms with E-state index in [4.69, 9.17) is 14.3 Å². The van der Waals surface area contributed by atoms with E-state index in [0.717, 1.165) is 33.5 Å². The first-order valence-corrected chi connectivity index (χ1v) is 12.5. The molecule has 0 aliphatic heterocycles. The fraction of sp³-hybridized carbons (Fsp3) is 0.129. The highest BCUT2D eigenvalue weighted by molar-refractivity contribution is 5.94. The van der Waals surface area contributed by atoms with Gasteiger partial charge in [0.1, 0.15) is 18.0 Å². The van der Waals surface area contributed by atoms with Crippen molar-refractivity contribution in [2.75, 3.05) is 18.5 Å². The van der Waals surface area contributed by atoms with Crippen LogP contribution in [0.5, 0.6) is 5.88 Å². The third-order valence-corrected chi connectivity index (χ3v) is 6.16. The van der Waals surface area contributed by atoms with E-state index in [-0.39, 0.29) is 24.9 Å². The predicted molar refractivity (Wildman–Crippen MR) is 149 cm³/mol. The molecule has 0 bridgehead atoms. The van der Waals surface area contributed by atoms with Gasteiger partial charge in [0.25, 0.3) is 5.91 Å². The number of furan rings is 1. The Hall–Kier alpha value is -5.11. The van der Waals surface area contributed by atoms with Crippen molar-refractivity contribution >= 4 is 28.5 Å². The summed E-state index contributed by atoms with van der Waals surface area (Å²) in [6, 6.07) is 30.3. The van der Waals surface area contributed by atoms with E-state index in [9.17, 15) is 9.59 Å². The first-order chi connectivity index (χ1) is 19.0. The van der Waals surface area contributed by atoms with Crippen LogP contribution < -0.4 is 15.4 Å². The van der Waals surface area contributed by atoms with Gasteiger partial charge in [0.05, 0.1) is 12.5 Å². The predicted octanol–water partition coefficient (Wildman–Crippen LogP) is 5.93. The minimum absolute atomic E-state index is 0.0783. The minimum Gasteiger partial charge on any atom is -0.481 e. The number of carbonyl (C=O) groups excluding carboxylic acids is 1. The number of anilines is 1. The number of aromatic nitrogens is 1. The van der Waals surface area contributed by atoms with Crippen molar-refractivity contribution in [1.82, 2.24) is 10.3 Å². The third kappa shape index (κ3) is 6.61. The Kier molecular flexibility index (Phi) is 7.83. The van der Waals surface area contributed by atoms with E-state index in [2.05, 4.69) is 15.6 Å². The highest BCUT2D eigenvalue weighted by Gasteiger charge is 2.14. The molecule has 1 atom stereocenters. The molecule has 8 nitrogen and oxygen atoms in total. The number of fused-ring (bicyclic) bond motifs is 1. The zero-order chi connectivity index (χ0) is 27.0. The summed E-state index contributed by atoms with van der Waals surface area (Å²) in [7, 11) is 0. The fourth-order valence-corrected chi connectivity index (χ4v) is 4.11. The van der Waals surface area contributed by atoms with Crippen LogP contribution in [0.25, 0.3) is 22.3 Å². The second kappa shape index (κ2) is 12.0. The second-order valence-electron chi connectivity index (χ2n) is 8.93. The highest BCUT2D eigenvalue weighted by Crippen LogP contribution is 2.28. The van der Waals surface area contributed by atoms with Gasteiger partial charge < -0.3 is 24.9 Å². The molecule has 0 aliphatic carbocycles. The molecule has 0 fully saturated rings. The molecule has 3 N–H and O–H groups in total. The number of pyridine rings is 1. The molecule has 2 aromatic heterocycles. The van der Waals surface area contributed by atoms with Gasteiger partial charge in [-0.1, -0.05) is 48.5 Å². The van der Waals surface area contributed by atoms with E-state index in [1.807, 2.05) is 84.9 Å². The third-order valence-electron chi connectivity index (χ3n) is 6.16. The van der Waals surface area contributed by atoms with Gasteiger partial charge in [-0.05, 0) is 48.0 Å². The number of benzene rings is 3. The Balaban J connectivity index is 1.24. The molecule has 0 radical (unpaired) electrons. The molecule has 1 unspecified atom stereocenters. The van der Waals surface area contributed by atoms with E-state index in [1.165, 1.54) is 0 Å². The lowest BCUT2D eigenvalue weighted by Gasteiger charge is -2.21. The van der Waals surface area contributed by atoms with E-state index in [1.54, 1.807) is 18.3 Å². The molecule has 0 aliphatic rings. The van der Waals surface area contributed by atoms with Crippen molar-refractivity contribution in [3.8, 4) is 17.2 Å². The molecule has 1 amide bonds. The molecular weight excluding hydrogens is 494 g/mol. The minimum atomic E-state index is -0.957. The Morgan fingerprint density at radius 3 is 2.41 bits per heavy atom. The van der Waals surface area contributed by atoms with Crippen molar-refractivity contribution in [1.29, 1.82) is 0 Å². The maximum atomic E-state index is 12.2. The average molecular weight is 522 g/mol. The molecule has 0 spiro atoms. The zero-order valence-corrected chi connectivity index (χ0v) is 21.0. The van der Waals surface area contributed by atoms with Gasteiger partial charge in [0.2, 0.25) is 5.88 Å². The molecule has 196 valence electrons. The SMILES string of the molecule is O=C(O)CCNC(=O)c1ccc(NC(COc2ccc(-c3cc4ccccc4o3)cn2)c2ccccc2)cc1. The molecule has 8 heteroatoms. The number of para-hydroxylation sites is 1. The summed E-state index contributed by atoms with van der Waals surface area (Å²) >= 11 is 0. The zero-order valence-electron chi connectivity index (χ0n) is 21.0. The van der Waals surface area contributed by atoms with E-state index in [0.29, 0.717) is 18.1 Å². The summed E-state index contributed by atoms with van der Waals surface area (Å²) in [5.41, 5.74) is 3.99. The molecular formula is C31H27N3O5. The van der Waals surface area contributed by atoms with Crippen molar-refractivity contribution < 1.29 is 23.8 Å². The normalized spacial score (nSPS) is 11.6. The topological polar surface area (TPSA) is 114 Å². The standard InChI is InChI=1S/C31H27N3O5/c35-30(36)16-17-32-31(37)22-10-13-25(14-11-22)34-26(21-6-2-1-3-7-21)20-38-29-15-12-24(19-33-29)28-18-23-8-4-5-9-27(23)39-28/h1-15,18-19,26,34H,16-17,20H2,(H,32,37)(H,35,36). The number of carboxylic acid groups (broad SMARTS) is 1. The van der Waals surface area contributed by atoms with Crippen LogP contribution in [0.3, 0.4) is 0 Å². The first-order valence-electron chi connectivity index (χ1n) is 12.5. The Labute approximate surface area is 225 Å². The van der Waals surface area contributed by atoms with Gasteiger partial charge >= 0.3 is 5.97 Å². The summed E-state index contributed by atoms with van der Waals surface area (Å²) in [5.74, 6) is -0.0339. The van der Waals surface area contributed by atoms with Crippen LogP contribution in [-0.4, -0.2) is 35.1 Å². The molecule has 3 aromatic carbocycles. The number of carbonyl (C=O) groups is 2. The number of ether oxygens (including phenoxy) is 1. The maximum Gasteiger partial charge on any atom is 0.305 e. The Bertz CT molecular complexity index is 1510. The number of carboxylic acids is 1. The average Bonchev–Trinajstić information content (AvgIpc) is 3.40. The maximum absolute atomic E-state index is 12.2. The summed E-state index contributed by atoms with van der Waals surface area (Å²) < 4.78 is 12.0. The Morgan fingerprint density at radius 2 is 1.69 bits per heavy atom. The van der Waals surface area contributed by atoms with Crippen LogP contribution in [0.4, 0.5) is 5.69 Å². The molecule has 0 saturated heterocycles. The van der Waals surface area contributed by atoms with Crippen LogP contribution in [-0.2, 0) is 4.79 Å². The van der Waals surface area contributed by atoms with Crippen molar-refractivity contribution in [3.63, 3.8) is 0 Å². The van der Waals surface area contributed by atoms with Crippen LogP contribution >= 0.6 is 0 Å². The van der Waals surface area contributed by atoms with Crippen molar-refractivity contribution in [2.24, 2.45) is 0 Å². The van der Waals surface area contributed by atoms with Crippen molar-refractivity contribution in [2.45, 2.75) is 12.5 Å². The van der Waals surface area contributed by atoms with Gasteiger partial charge in [-0.15, -0.1) is 0 Å². The lowest BCUT2D eigenvalue weighted by Crippen LogP contribution is -2.26. The molecule has 0 saturated carbocycles. The smallest absolute Gasteiger partial charge is 0.305 e. The van der Waals surface area contributed by atoms with Crippen LogP contribution in [0.15, 0.2) is 108 Å². The van der Waals surface area contributed by atoms with E-state index >= 15 is 0 Å². The number of aliphatic carboxylic acids is 1. The summed E-state index contributed by atoms with van der Waals surface area (Å²) in [5, 5.41) is 15.8. The monoisotopic (exact) mass is 521 g/mol. The number of nitrogens with one attached hydrogen (secondary N) is 2. The molecule has 2 heterocycles. The highest BCUT2D eigenvalue weighted by atomic mass is 16.5. The number of amides is 1. The van der Waals surface area contributed by atoms with E-state index < -0.39 is 5.97 Å². The molecule has 39 heavy (non-hydrogen) atoms. The lowest BCUT2D eigenvalue weighted by atomic mass is 10.1. The quantitative estimate of drug-likeness (QED) is 0.197. The molecule has 5 rings (SSSR count). The van der Waals surface area contributed by atoms with Gasteiger partial charge in [-0.2, -0.15) is 0 Å². The number of hydrogen-bond acceptors (Lipinski definition) is 6. The largest absolute Gasteiger partial charge is 0.481 e. The van der Waals surface area contributed by atoms with Gasteiger partial charge in [0, 0.05) is 41.0 Å². The van der Waals surface area contributed by atoms with Gasteiger partial charge in [-0.3, -0.25) is 9.59 Å². The second-order valence-corrected chi connectivity index (χ2v) is 8.93. The van der Waals surface area contributed by atoms with Gasteiger partial charge in [0.15, 0.2) is 0 Å². The lowest BCUT2D eigenvalue weighted by molar-refractivity contribution is -0.136. The number of hydrogen-bond donors (Lipinski definition) is 3. The summed E-state index contributed by atoms with van der Waals surface area (Å²) in [6.45, 7) is 0.396. The van der Waals surface area contributed by atoms with Crippen LogP contribution in [0.2, 0.25) is 0 Å². The number of nitrogens with zero attached hydrogens (tertiary/aromatic N) is 1. The van der Waals surface area contributed by atoms with Crippen LogP contribution in [0, 0.1) is 0 Å². The molecule has 5 aromatic rings. The summed E-state index contributed by atoms with van der Waals surface area (Å²) in [4.78, 5) is 27.4. The summed E-state index contributed by atoms with van der Waals surface area (Å²) in [6.07, 6.45) is 1.61. The fourth-order valence-electron chi connectivity index (χ4n) is 4.11.